The maximum Gasteiger partial charge on any atom is 0.219 e. The van der Waals surface area contributed by atoms with Gasteiger partial charge in [0.1, 0.15) is 11.8 Å². The van der Waals surface area contributed by atoms with Crippen LogP contribution in [0.3, 0.4) is 0 Å². The number of hydrogen-bond acceptors (Lipinski definition) is 4. The van der Waals surface area contributed by atoms with Crippen LogP contribution in [0.25, 0.3) is 0 Å². The maximum absolute atomic E-state index is 11.3. The molecule has 0 radical (unpaired) electrons. The van der Waals surface area contributed by atoms with E-state index in [1.54, 1.807) is 24.1 Å². The van der Waals surface area contributed by atoms with Crippen LogP contribution in [-0.4, -0.2) is 42.0 Å². The first-order valence-corrected chi connectivity index (χ1v) is 5.96. The van der Waals surface area contributed by atoms with E-state index in [0.717, 1.165) is 25.2 Å². The number of likely N-dealkylation sites (N-methyl/N-ethyl adjacent to an activating group) is 1. The summed E-state index contributed by atoms with van der Waals surface area (Å²) in [6.07, 6.45) is 2.69. The quantitative estimate of drug-likeness (QED) is 0.779. The Labute approximate surface area is 107 Å². The van der Waals surface area contributed by atoms with E-state index in [0.29, 0.717) is 5.69 Å². The first-order chi connectivity index (χ1) is 8.61. The van der Waals surface area contributed by atoms with Gasteiger partial charge < -0.3 is 9.80 Å². The van der Waals surface area contributed by atoms with Gasteiger partial charge in [-0.15, -0.1) is 0 Å². The van der Waals surface area contributed by atoms with Crippen molar-refractivity contribution in [1.29, 1.82) is 5.26 Å². The molecule has 0 bridgehead atoms. The molecular weight excluding hydrogens is 228 g/mol. The molecule has 1 aromatic heterocycles. The first-order valence-electron chi connectivity index (χ1n) is 5.96. The first kappa shape index (κ1) is 12.4. The molecule has 5 nitrogen and oxygen atoms in total. The van der Waals surface area contributed by atoms with Crippen molar-refractivity contribution in [1.82, 2.24) is 9.88 Å². The highest BCUT2D eigenvalue weighted by molar-refractivity contribution is 5.73. The molecule has 18 heavy (non-hydrogen) atoms. The Morgan fingerprint density at radius 3 is 2.94 bits per heavy atom. The molecule has 2 heterocycles. The fourth-order valence-corrected chi connectivity index (χ4v) is 2.19. The summed E-state index contributed by atoms with van der Waals surface area (Å²) in [6, 6.07) is 5.89. The minimum absolute atomic E-state index is 0.0970. The molecule has 0 aromatic carbocycles. The van der Waals surface area contributed by atoms with Crippen LogP contribution < -0.4 is 4.90 Å². The third kappa shape index (κ3) is 2.43. The largest absolute Gasteiger partial charge is 0.368 e. The van der Waals surface area contributed by atoms with Gasteiger partial charge in [0, 0.05) is 27.1 Å². The Morgan fingerprint density at radius 1 is 1.61 bits per heavy atom. The number of pyridine rings is 1. The molecule has 1 saturated heterocycles. The second-order valence-corrected chi connectivity index (χ2v) is 4.53. The van der Waals surface area contributed by atoms with Crippen LogP contribution in [0.2, 0.25) is 0 Å². The smallest absolute Gasteiger partial charge is 0.219 e. The summed E-state index contributed by atoms with van der Waals surface area (Å²) in [7, 11) is 1.84. The Bertz CT molecular complexity index is 477. The van der Waals surface area contributed by atoms with Crippen LogP contribution in [0.4, 0.5) is 5.69 Å². The highest BCUT2D eigenvalue weighted by Gasteiger charge is 2.27. The summed E-state index contributed by atoms with van der Waals surface area (Å²) in [6.45, 7) is 3.32. The normalized spacial score (nSPS) is 18.5. The van der Waals surface area contributed by atoms with Gasteiger partial charge in [-0.05, 0) is 18.6 Å². The van der Waals surface area contributed by atoms with E-state index in [4.69, 9.17) is 5.26 Å². The number of nitriles is 1. The van der Waals surface area contributed by atoms with Crippen molar-refractivity contribution in [3.8, 4) is 6.07 Å². The maximum atomic E-state index is 11.3. The summed E-state index contributed by atoms with van der Waals surface area (Å²) >= 11 is 0. The highest BCUT2D eigenvalue weighted by Crippen LogP contribution is 2.21. The lowest BCUT2D eigenvalue weighted by Gasteiger charge is -2.24. The van der Waals surface area contributed by atoms with Gasteiger partial charge in [0.2, 0.25) is 5.91 Å². The van der Waals surface area contributed by atoms with E-state index in [1.165, 1.54) is 0 Å². The fourth-order valence-electron chi connectivity index (χ4n) is 2.19. The van der Waals surface area contributed by atoms with E-state index in [2.05, 4.69) is 9.88 Å². The minimum Gasteiger partial charge on any atom is -0.368 e. The number of aromatic nitrogens is 1. The zero-order valence-electron chi connectivity index (χ0n) is 10.6. The molecule has 1 aliphatic rings. The zero-order valence-corrected chi connectivity index (χ0v) is 10.6. The number of carbonyl (C=O) groups excluding carboxylic acids is 1. The second-order valence-electron chi connectivity index (χ2n) is 4.53. The zero-order chi connectivity index (χ0) is 13.1. The van der Waals surface area contributed by atoms with Gasteiger partial charge in [-0.2, -0.15) is 5.26 Å². The Hall–Kier alpha value is -2.09. The Balaban J connectivity index is 2.04. The number of hydrogen-bond donors (Lipinski definition) is 0. The molecule has 1 aromatic rings. The lowest BCUT2D eigenvalue weighted by Crippen LogP contribution is -2.37. The predicted molar refractivity (Wildman–Crippen MR) is 68.0 cm³/mol. The molecule has 1 amide bonds. The van der Waals surface area contributed by atoms with Gasteiger partial charge in [0.15, 0.2) is 0 Å². The molecule has 0 aliphatic carbocycles. The van der Waals surface area contributed by atoms with Crippen LogP contribution in [0.5, 0.6) is 0 Å². The molecular formula is C13H16N4O. The third-order valence-corrected chi connectivity index (χ3v) is 3.44. The minimum atomic E-state index is 0.0970. The number of carbonyl (C=O) groups is 1. The van der Waals surface area contributed by atoms with Crippen molar-refractivity contribution in [2.45, 2.75) is 19.4 Å². The van der Waals surface area contributed by atoms with E-state index in [9.17, 15) is 4.79 Å². The van der Waals surface area contributed by atoms with E-state index in [-0.39, 0.29) is 11.9 Å². The Kier molecular flexibility index (Phi) is 3.47. The monoisotopic (exact) mass is 244 g/mol. The van der Waals surface area contributed by atoms with Crippen LogP contribution in [0.1, 0.15) is 19.0 Å². The second kappa shape index (κ2) is 5.05. The summed E-state index contributed by atoms with van der Waals surface area (Å²) < 4.78 is 0. The number of anilines is 1. The molecule has 1 unspecified atom stereocenters. The third-order valence-electron chi connectivity index (χ3n) is 3.44. The van der Waals surface area contributed by atoms with Crippen molar-refractivity contribution in [3.63, 3.8) is 0 Å². The van der Waals surface area contributed by atoms with Crippen molar-refractivity contribution in [2.24, 2.45) is 0 Å². The number of rotatable bonds is 2. The predicted octanol–water partition coefficient (Wildman–Crippen LogP) is 1.01. The molecule has 0 saturated carbocycles. The van der Waals surface area contributed by atoms with Gasteiger partial charge in [-0.3, -0.25) is 4.79 Å². The lowest BCUT2D eigenvalue weighted by atomic mass is 10.2. The molecule has 5 heteroatoms. The summed E-state index contributed by atoms with van der Waals surface area (Å²) in [5, 5.41) is 8.70. The topological polar surface area (TPSA) is 60.2 Å². The molecule has 1 atom stereocenters. The van der Waals surface area contributed by atoms with Crippen LogP contribution in [-0.2, 0) is 4.79 Å². The standard InChI is InChI=1S/C13H16N4O/c1-10(18)16(2)13-5-6-17(9-13)12-4-3-11(7-14)15-8-12/h3-4,8,13H,5-6,9H2,1-2H3. The fraction of sp³-hybridized carbons (Fsp3) is 0.462. The summed E-state index contributed by atoms with van der Waals surface area (Å²) in [5.74, 6) is 0.0970. The van der Waals surface area contributed by atoms with Gasteiger partial charge in [0.05, 0.1) is 17.9 Å². The van der Waals surface area contributed by atoms with Crippen molar-refractivity contribution < 1.29 is 4.79 Å². The van der Waals surface area contributed by atoms with Crippen LogP contribution >= 0.6 is 0 Å². The van der Waals surface area contributed by atoms with Crippen LogP contribution in [0, 0.1) is 11.3 Å². The molecule has 94 valence electrons. The Morgan fingerprint density at radius 2 is 2.39 bits per heavy atom. The van der Waals surface area contributed by atoms with Crippen molar-refractivity contribution in [3.05, 3.63) is 24.0 Å². The SMILES string of the molecule is CC(=O)N(C)C1CCN(c2ccc(C#N)nc2)C1. The van der Waals surface area contributed by atoms with Gasteiger partial charge in [0.25, 0.3) is 0 Å². The van der Waals surface area contributed by atoms with E-state index in [1.807, 2.05) is 19.2 Å². The van der Waals surface area contributed by atoms with Crippen molar-refractivity contribution >= 4 is 11.6 Å². The number of nitrogens with zero attached hydrogens (tertiary/aromatic N) is 4. The van der Waals surface area contributed by atoms with Gasteiger partial charge in [-0.25, -0.2) is 4.98 Å². The van der Waals surface area contributed by atoms with Gasteiger partial charge in [-0.1, -0.05) is 0 Å². The average molecular weight is 244 g/mol. The van der Waals surface area contributed by atoms with Crippen molar-refractivity contribution in [2.75, 3.05) is 25.0 Å². The summed E-state index contributed by atoms with van der Waals surface area (Å²) in [4.78, 5) is 19.4. The van der Waals surface area contributed by atoms with E-state index < -0.39 is 0 Å². The lowest BCUT2D eigenvalue weighted by molar-refractivity contribution is -0.129. The van der Waals surface area contributed by atoms with Crippen LogP contribution in [0.15, 0.2) is 18.3 Å². The molecule has 1 fully saturated rings. The number of amides is 1. The van der Waals surface area contributed by atoms with Gasteiger partial charge >= 0.3 is 0 Å². The molecule has 2 rings (SSSR count). The average Bonchev–Trinajstić information content (AvgIpc) is 2.87. The molecule has 0 N–H and O–H groups in total. The molecule has 0 spiro atoms. The highest BCUT2D eigenvalue weighted by atomic mass is 16.2. The molecule has 1 aliphatic heterocycles. The summed E-state index contributed by atoms with van der Waals surface area (Å²) in [5.41, 5.74) is 1.43. The van der Waals surface area contributed by atoms with E-state index >= 15 is 0 Å².